The molecular weight excluding hydrogens is 605 g/mol. The van der Waals surface area contributed by atoms with E-state index in [2.05, 4.69) is 15.4 Å². The number of ether oxygens (including phenoxy) is 2. The molecule has 1 aliphatic rings. The lowest BCUT2D eigenvalue weighted by molar-refractivity contribution is -0.208. The maximum Gasteiger partial charge on any atom is 0.490 e. The number of nitrogens with one attached hydrogen (secondary N) is 2. The normalized spacial score (nSPS) is 18.2. The molecule has 0 radical (unpaired) electrons. The zero-order chi connectivity index (χ0) is 32.9. The van der Waals surface area contributed by atoms with Crippen LogP contribution in [0.2, 0.25) is 0 Å². The van der Waals surface area contributed by atoms with Crippen LogP contribution in [0.5, 0.6) is 11.5 Å². The fraction of sp³-hybridized carbons (Fsp3) is 0.233. The smallest absolute Gasteiger partial charge is 0.490 e. The molecule has 3 aromatic carbocycles. The highest BCUT2D eigenvalue weighted by Crippen LogP contribution is 2.26. The predicted molar refractivity (Wildman–Crippen MR) is 147 cm³/mol. The van der Waals surface area contributed by atoms with E-state index >= 15 is 0 Å². The Morgan fingerprint density at radius 1 is 0.844 bits per heavy atom. The van der Waals surface area contributed by atoms with Gasteiger partial charge in [0.2, 0.25) is 0 Å². The van der Waals surface area contributed by atoms with Gasteiger partial charge in [0.25, 0.3) is 5.91 Å². The number of esters is 2. The summed E-state index contributed by atoms with van der Waals surface area (Å²) in [5.74, 6) is -7.37. The van der Waals surface area contributed by atoms with Crippen molar-refractivity contribution in [2.75, 3.05) is 6.54 Å². The van der Waals surface area contributed by atoms with Gasteiger partial charge in [0.1, 0.15) is 23.6 Å². The van der Waals surface area contributed by atoms with Crippen LogP contribution in [-0.2, 0) is 14.3 Å². The second-order valence-corrected chi connectivity index (χ2v) is 9.82. The molecule has 0 spiro atoms. The number of amides is 1. The maximum absolute atomic E-state index is 13.1. The topological polar surface area (TPSA) is 189 Å². The van der Waals surface area contributed by atoms with E-state index in [-0.39, 0.29) is 41.8 Å². The minimum atomic E-state index is -5.35. The molecule has 5 N–H and O–H groups in total. The molecule has 3 aromatic rings. The van der Waals surface area contributed by atoms with E-state index in [0.717, 1.165) is 12.1 Å². The maximum atomic E-state index is 13.1. The molecule has 0 saturated carbocycles. The summed E-state index contributed by atoms with van der Waals surface area (Å²) in [7, 11) is 0. The molecule has 1 amide bonds. The predicted octanol–water partition coefficient (Wildman–Crippen LogP) is 3.17. The van der Waals surface area contributed by atoms with Crippen molar-refractivity contribution >= 4 is 29.6 Å². The van der Waals surface area contributed by atoms with Crippen molar-refractivity contribution < 1.29 is 61.9 Å². The quantitative estimate of drug-likeness (QED) is 0.182. The average molecular weight is 631 g/mol. The molecule has 3 atom stereocenters. The number of hydrogen-bond acceptors (Lipinski definition) is 10. The molecule has 0 aromatic heterocycles. The van der Waals surface area contributed by atoms with E-state index in [1.807, 2.05) is 0 Å². The van der Waals surface area contributed by atoms with Crippen LogP contribution in [0.25, 0.3) is 0 Å². The molecule has 1 aliphatic heterocycles. The summed E-state index contributed by atoms with van der Waals surface area (Å²) in [5, 5.41) is 34.1. The van der Waals surface area contributed by atoms with Crippen LogP contribution >= 0.6 is 0 Å². The number of rotatable bonds is 8. The van der Waals surface area contributed by atoms with Gasteiger partial charge < -0.3 is 30.1 Å². The number of carboxylic acids is 1. The van der Waals surface area contributed by atoms with Gasteiger partial charge in [-0.3, -0.25) is 14.9 Å². The number of phenols is 2. The fourth-order valence-electron chi connectivity index (χ4n) is 4.56. The van der Waals surface area contributed by atoms with E-state index in [1.54, 1.807) is 0 Å². The standard InChI is InChI=1S/C30H25F3N2O10/c31-30(32,33)29(43)45-26-23(35-25(39)16-10-12-18(36)13-11-16)21(5-2-14-34-26)44-28(42)17-8-6-15(7-9-17)24(38)22-19(27(40)41)3-1-4-20(22)37/h1,3-4,6-13,21,23,26,34,36-37H,2,5,14H2,(H,35,39)(H,40,41). The van der Waals surface area contributed by atoms with E-state index in [4.69, 9.17) is 4.74 Å². The molecule has 0 aliphatic carbocycles. The molecule has 1 saturated heterocycles. The van der Waals surface area contributed by atoms with Crippen molar-refractivity contribution in [3.8, 4) is 11.5 Å². The summed E-state index contributed by atoms with van der Waals surface area (Å²) in [4.78, 5) is 62.3. The lowest BCUT2D eigenvalue weighted by atomic mass is 9.96. The van der Waals surface area contributed by atoms with Gasteiger partial charge in [-0.25, -0.2) is 14.4 Å². The average Bonchev–Trinajstić information content (AvgIpc) is 3.17. The lowest BCUT2D eigenvalue weighted by Crippen LogP contribution is -2.57. The van der Waals surface area contributed by atoms with E-state index in [0.29, 0.717) is 0 Å². The van der Waals surface area contributed by atoms with Crippen LogP contribution in [-0.4, -0.2) is 76.0 Å². The number of aromatic hydroxyl groups is 2. The second kappa shape index (κ2) is 13.5. The van der Waals surface area contributed by atoms with Gasteiger partial charge in [0.05, 0.1) is 16.7 Å². The Bertz CT molecular complexity index is 1610. The number of benzene rings is 3. The summed E-state index contributed by atoms with van der Waals surface area (Å²) >= 11 is 0. The SMILES string of the molecule is O=C(NC1C(OC(=O)c2ccc(C(=O)c3c(O)cccc3C(=O)O)cc2)CCCNC1OC(=O)C(F)(F)F)c1ccc(O)cc1. The first kappa shape index (κ1) is 32.5. The Labute approximate surface area is 252 Å². The lowest BCUT2D eigenvalue weighted by Gasteiger charge is -2.31. The number of carbonyl (C=O) groups is 5. The number of carboxylic acid groups (broad SMARTS) is 1. The van der Waals surface area contributed by atoms with Crippen molar-refractivity contribution in [1.82, 2.24) is 10.6 Å². The largest absolute Gasteiger partial charge is 0.508 e. The number of phenolic OH excluding ortho intramolecular Hbond substituents is 2. The zero-order valence-electron chi connectivity index (χ0n) is 23.0. The molecule has 1 heterocycles. The van der Waals surface area contributed by atoms with Gasteiger partial charge in [-0.15, -0.1) is 0 Å². The number of aromatic carboxylic acids is 1. The van der Waals surface area contributed by atoms with Crippen molar-refractivity contribution in [1.29, 1.82) is 0 Å². The first-order chi connectivity index (χ1) is 21.3. The Balaban J connectivity index is 1.58. The van der Waals surface area contributed by atoms with Gasteiger partial charge in [-0.1, -0.05) is 18.2 Å². The van der Waals surface area contributed by atoms with Crippen LogP contribution < -0.4 is 10.6 Å². The van der Waals surface area contributed by atoms with Gasteiger partial charge in [0, 0.05) is 11.1 Å². The Hall–Kier alpha value is -5.44. The minimum Gasteiger partial charge on any atom is -0.508 e. The molecule has 3 unspecified atom stereocenters. The van der Waals surface area contributed by atoms with Crippen LogP contribution in [0, 0.1) is 0 Å². The monoisotopic (exact) mass is 630 g/mol. The number of carbonyl (C=O) groups excluding carboxylic acids is 4. The summed E-state index contributed by atoms with van der Waals surface area (Å²) in [5.41, 5.74) is -1.09. The third kappa shape index (κ3) is 7.75. The zero-order valence-corrected chi connectivity index (χ0v) is 23.0. The summed E-state index contributed by atoms with van der Waals surface area (Å²) in [6.45, 7) is 0.0386. The van der Waals surface area contributed by atoms with Gasteiger partial charge in [-0.2, -0.15) is 13.2 Å². The Kier molecular flexibility index (Phi) is 9.72. The van der Waals surface area contributed by atoms with Crippen molar-refractivity contribution in [2.45, 2.75) is 37.4 Å². The number of ketones is 1. The van der Waals surface area contributed by atoms with Crippen LogP contribution in [0.4, 0.5) is 13.2 Å². The van der Waals surface area contributed by atoms with Gasteiger partial charge >= 0.3 is 24.1 Å². The van der Waals surface area contributed by atoms with Crippen LogP contribution in [0.3, 0.4) is 0 Å². The molecule has 15 heteroatoms. The van der Waals surface area contributed by atoms with Crippen molar-refractivity contribution in [3.63, 3.8) is 0 Å². The molecular formula is C30H25F3N2O10. The molecule has 236 valence electrons. The van der Waals surface area contributed by atoms with Crippen molar-refractivity contribution in [2.24, 2.45) is 0 Å². The highest BCUT2D eigenvalue weighted by molar-refractivity contribution is 6.16. The molecule has 12 nitrogen and oxygen atoms in total. The van der Waals surface area contributed by atoms with Gasteiger partial charge in [0.15, 0.2) is 12.0 Å². The highest BCUT2D eigenvalue weighted by atomic mass is 19.4. The third-order valence-electron chi connectivity index (χ3n) is 6.77. The third-order valence-corrected chi connectivity index (χ3v) is 6.77. The first-order valence-corrected chi connectivity index (χ1v) is 13.3. The van der Waals surface area contributed by atoms with Crippen LogP contribution in [0.1, 0.15) is 59.8 Å². The molecule has 0 bridgehead atoms. The van der Waals surface area contributed by atoms with E-state index in [9.17, 15) is 52.5 Å². The molecule has 45 heavy (non-hydrogen) atoms. The summed E-state index contributed by atoms with van der Waals surface area (Å²) in [6, 6.07) is 11.6. The molecule has 4 rings (SSSR count). The second-order valence-electron chi connectivity index (χ2n) is 9.82. The van der Waals surface area contributed by atoms with E-state index in [1.165, 1.54) is 54.6 Å². The fourth-order valence-corrected chi connectivity index (χ4v) is 4.56. The molecule has 1 fully saturated rings. The number of halogens is 3. The van der Waals surface area contributed by atoms with Gasteiger partial charge in [-0.05, 0) is 67.9 Å². The Morgan fingerprint density at radius 2 is 1.47 bits per heavy atom. The van der Waals surface area contributed by atoms with Crippen molar-refractivity contribution in [3.05, 3.63) is 94.5 Å². The number of alkyl halides is 3. The van der Waals surface area contributed by atoms with Crippen LogP contribution in [0.15, 0.2) is 66.7 Å². The first-order valence-electron chi connectivity index (χ1n) is 13.3. The van der Waals surface area contributed by atoms with E-state index < -0.39 is 71.0 Å². The minimum absolute atomic E-state index is 0.00112. The Morgan fingerprint density at radius 3 is 2.09 bits per heavy atom. The summed E-state index contributed by atoms with van der Waals surface area (Å²) < 4.78 is 49.3. The number of hydrogen-bond donors (Lipinski definition) is 5. The summed E-state index contributed by atoms with van der Waals surface area (Å²) in [6.07, 6.45) is -8.15. The highest BCUT2D eigenvalue weighted by Gasteiger charge is 2.46.